The van der Waals surface area contributed by atoms with E-state index in [1.54, 1.807) is 6.92 Å². The fraction of sp³-hybridized carbons (Fsp3) is 0.571. The topological polar surface area (TPSA) is 68.2 Å². The average molecular weight is 266 g/mol. The van der Waals surface area contributed by atoms with Gasteiger partial charge in [-0.15, -0.1) is 0 Å². The number of hydrogen-bond donors (Lipinski definition) is 2. The van der Waals surface area contributed by atoms with Gasteiger partial charge < -0.3 is 24.4 Å². The van der Waals surface area contributed by atoms with Gasteiger partial charge in [0.25, 0.3) is 0 Å². The summed E-state index contributed by atoms with van der Waals surface area (Å²) in [6.45, 7) is 2.03. The Morgan fingerprint density at radius 3 is 2.58 bits per heavy atom. The predicted molar refractivity (Wildman–Crippen MR) is 66.1 cm³/mol. The molecule has 0 amide bonds. The van der Waals surface area contributed by atoms with Crippen LogP contribution in [0.25, 0.3) is 0 Å². The summed E-state index contributed by atoms with van der Waals surface area (Å²) in [6, 6.07) is 9.58. The van der Waals surface area contributed by atoms with Gasteiger partial charge >= 0.3 is 0 Å². The second-order valence-corrected chi connectivity index (χ2v) is 5.09. The SMILES string of the molecule is C[C@@H]1[C@@H](O)[C@@H]2OC(c3ccccc3)OC[C@H]2O[C@@H]1O. The minimum absolute atomic E-state index is 0.297. The summed E-state index contributed by atoms with van der Waals surface area (Å²) in [5.41, 5.74) is 0.909. The highest BCUT2D eigenvalue weighted by molar-refractivity contribution is 5.16. The molecule has 5 heteroatoms. The van der Waals surface area contributed by atoms with Crippen LogP contribution in [-0.4, -0.2) is 41.4 Å². The highest BCUT2D eigenvalue weighted by atomic mass is 16.7. The van der Waals surface area contributed by atoms with Gasteiger partial charge in [0, 0.05) is 11.5 Å². The van der Waals surface area contributed by atoms with Crippen LogP contribution in [-0.2, 0) is 14.2 Å². The van der Waals surface area contributed by atoms with Gasteiger partial charge in [-0.3, -0.25) is 0 Å². The largest absolute Gasteiger partial charge is 0.390 e. The molecule has 0 aromatic heterocycles. The van der Waals surface area contributed by atoms with E-state index in [2.05, 4.69) is 0 Å². The average Bonchev–Trinajstić information content (AvgIpc) is 2.46. The summed E-state index contributed by atoms with van der Waals surface area (Å²) in [5.74, 6) is -0.379. The maximum absolute atomic E-state index is 10.2. The van der Waals surface area contributed by atoms with Crippen LogP contribution in [0, 0.1) is 5.92 Å². The van der Waals surface area contributed by atoms with Crippen LogP contribution in [0.2, 0.25) is 0 Å². The van der Waals surface area contributed by atoms with Crippen molar-refractivity contribution in [2.45, 2.75) is 37.8 Å². The molecule has 0 aliphatic carbocycles. The molecule has 1 unspecified atom stereocenters. The first-order valence-electron chi connectivity index (χ1n) is 6.50. The minimum Gasteiger partial charge on any atom is -0.390 e. The van der Waals surface area contributed by atoms with Gasteiger partial charge in [-0.25, -0.2) is 0 Å². The molecule has 0 saturated carbocycles. The molecule has 6 atom stereocenters. The lowest BCUT2D eigenvalue weighted by Gasteiger charge is -2.45. The smallest absolute Gasteiger partial charge is 0.184 e. The summed E-state index contributed by atoms with van der Waals surface area (Å²) in [6.07, 6.45) is -3.14. The van der Waals surface area contributed by atoms with Crippen LogP contribution in [0.3, 0.4) is 0 Å². The molecule has 19 heavy (non-hydrogen) atoms. The summed E-state index contributed by atoms with van der Waals surface area (Å²) < 4.78 is 16.8. The van der Waals surface area contributed by atoms with E-state index in [9.17, 15) is 10.2 Å². The van der Waals surface area contributed by atoms with E-state index in [1.807, 2.05) is 30.3 Å². The fourth-order valence-corrected chi connectivity index (χ4v) is 2.52. The predicted octanol–water partition coefficient (Wildman–Crippen LogP) is 0.815. The number of aliphatic hydroxyl groups is 2. The van der Waals surface area contributed by atoms with Crippen molar-refractivity contribution >= 4 is 0 Å². The number of hydrogen-bond acceptors (Lipinski definition) is 5. The first-order valence-corrected chi connectivity index (χ1v) is 6.50. The number of ether oxygens (including phenoxy) is 3. The molecule has 2 saturated heterocycles. The molecule has 0 spiro atoms. The first kappa shape index (κ1) is 13.0. The fourth-order valence-electron chi connectivity index (χ4n) is 2.52. The molecule has 5 nitrogen and oxygen atoms in total. The Morgan fingerprint density at radius 1 is 1.11 bits per heavy atom. The molecule has 0 radical (unpaired) electrons. The van der Waals surface area contributed by atoms with Gasteiger partial charge in [0.05, 0.1) is 12.7 Å². The molecule has 0 bridgehead atoms. The Labute approximate surface area is 111 Å². The van der Waals surface area contributed by atoms with Crippen molar-refractivity contribution in [2.24, 2.45) is 5.92 Å². The molecular formula is C14H18O5. The normalized spacial score (nSPS) is 42.7. The van der Waals surface area contributed by atoms with Crippen LogP contribution in [0.5, 0.6) is 0 Å². The maximum atomic E-state index is 10.2. The van der Waals surface area contributed by atoms with Crippen LogP contribution in [0.4, 0.5) is 0 Å². The number of aliphatic hydroxyl groups excluding tert-OH is 2. The number of benzene rings is 1. The zero-order valence-corrected chi connectivity index (χ0v) is 10.7. The van der Waals surface area contributed by atoms with Gasteiger partial charge in [0.1, 0.15) is 12.2 Å². The Balaban J connectivity index is 1.75. The van der Waals surface area contributed by atoms with E-state index < -0.39 is 30.9 Å². The molecule has 2 aliphatic heterocycles. The Kier molecular flexibility index (Phi) is 3.56. The van der Waals surface area contributed by atoms with Gasteiger partial charge in [-0.2, -0.15) is 0 Å². The van der Waals surface area contributed by atoms with Crippen molar-refractivity contribution in [2.75, 3.05) is 6.61 Å². The number of fused-ring (bicyclic) bond motifs is 1. The van der Waals surface area contributed by atoms with E-state index in [-0.39, 0.29) is 5.92 Å². The van der Waals surface area contributed by atoms with Gasteiger partial charge in [0.15, 0.2) is 12.6 Å². The molecule has 3 rings (SSSR count). The molecule has 2 N–H and O–H groups in total. The van der Waals surface area contributed by atoms with Gasteiger partial charge in [0.2, 0.25) is 0 Å². The summed E-state index contributed by atoms with van der Waals surface area (Å²) in [5, 5.41) is 19.9. The molecule has 2 heterocycles. The van der Waals surface area contributed by atoms with E-state index in [0.29, 0.717) is 6.61 Å². The first-order chi connectivity index (χ1) is 9.16. The summed E-state index contributed by atoms with van der Waals surface area (Å²) in [4.78, 5) is 0. The standard InChI is InChI=1S/C14H18O5/c1-8-11(15)12-10(18-13(8)16)7-17-14(19-12)9-5-3-2-4-6-9/h2-6,8,10-16H,7H2,1H3/t8-,10-,11-,12-,13+,14?/m1/s1. The van der Waals surface area contributed by atoms with Gasteiger partial charge in [-0.05, 0) is 0 Å². The Hall–Kier alpha value is -0.980. The highest BCUT2D eigenvalue weighted by Crippen LogP contribution is 2.35. The molecule has 2 aliphatic rings. The Bertz CT molecular complexity index is 421. The van der Waals surface area contributed by atoms with E-state index in [1.165, 1.54) is 0 Å². The highest BCUT2D eigenvalue weighted by Gasteiger charge is 2.47. The third kappa shape index (κ3) is 2.40. The van der Waals surface area contributed by atoms with E-state index in [0.717, 1.165) is 5.56 Å². The van der Waals surface area contributed by atoms with Crippen molar-refractivity contribution in [3.63, 3.8) is 0 Å². The van der Waals surface area contributed by atoms with E-state index >= 15 is 0 Å². The van der Waals surface area contributed by atoms with Crippen molar-refractivity contribution in [3.05, 3.63) is 35.9 Å². The molecule has 1 aromatic rings. The lowest BCUT2D eigenvalue weighted by molar-refractivity contribution is -0.345. The van der Waals surface area contributed by atoms with Crippen molar-refractivity contribution in [3.8, 4) is 0 Å². The summed E-state index contributed by atoms with van der Waals surface area (Å²) >= 11 is 0. The number of rotatable bonds is 1. The third-order valence-electron chi connectivity index (χ3n) is 3.77. The van der Waals surface area contributed by atoms with Crippen molar-refractivity contribution < 1.29 is 24.4 Å². The minimum atomic E-state index is -0.975. The van der Waals surface area contributed by atoms with Crippen molar-refractivity contribution in [1.82, 2.24) is 0 Å². The molecule has 104 valence electrons. The third-order valence-corrected chi connectivity index (χ3v) is 3.77. The molecule has 2 fully saturated rings. The Morgan fingerprint density at radius 2 is 1.84 bits per heavy atom. The van der Waals surface area contributed by atoms with Crippen LogP contribution < -0.4 is 0 Å². The second-order valence-electron chi connectivity index (χ2n) is 5.09. The monoisotopic (exact) mass is 266 g/mol. The van der Waals surface area contributed by atoms with Gasteiger partial charge in [-0.1, -0.05) is 37.3 Å². The lowest BCUT2D eigenvalue weighted by atomic mass is 9.92. The molecule has 1 aromatic carbocycles. The zero-order valence-electron chi connectivity index (χ0n) is 10.7. The molecular weight excluding hydrogens is 248 g/mol. The lowest BCUT2D eigenvalue weighted by Crippen LogP contribution is -2.58. The zero-order chi connectivity index (χ0) is 13.4. The summed E-state index contributed by atoms with van der Waals surface area (Å²) in [7, 11) is 0. The van der Waals surface area contributed by atoms with Crippen LogP contribution in [0.1, 0.15) is 18.8 Å². The van der Waals surface area contributed by atoms with E-state index in [4.69, 9.17) is 14.2 Å². The van der Waals surface area contributed by atoms with Crippen LogP contribution in [0.15, 0.2) is 30.3 Å². The van der Waals surface area contributed by atoms with Crippen molar-refractivity contribution in [1.29, 1.82) is 0 Å². The second kappa shape index (κ2) is 5.19. The quantitative estimate of drug-likeness (QED) is 0.787. The maximum Gasteiger partial charge on any atom is 0.184 e. The van der Waals surface area contributed by atoms with Crippen LogP contribution >= 0.6 is 0 Å².